The fraction of sp³-hybridized carbons (Fsp3) is 0.571. The van der Waals surface area contributed by atoms with Crippen molar-refractivity contribution in [3.05, 3.63) is 29.3 Å². The van der Waals surface area contributed by atoms with E-state index in [1.807, 2.05) is 20.0 Å². The van der Waals surface area contributed by atoms with Gasteiger partial charge in [-0.1, -0.05) is 13.0 Å². The monoisotopic (exact) mass is 297 g/mol. The van der Waals surface area contributed by atoms with E-state index in [-0.39, 0.29) is 0 Å². The Labute approximate surface area is 121 Å². The highest BCUT2D eigenvalue weighted by molar-refractivity contribution is 7.89. The van der Waals surface area contributed by atoms with Crippen molar-refractivity contribution in [2.45, 2.75) is 24.8 Å². The molecule has 112 valence electrons. The summed E-state index contributed by atoms with van der Waals surface area (Å²) in [7, 11) is -1.39. The van der Waals surface area contributed by atoms with Gasteiger partial charge >= 0.3 is 0 Å². The van der Waals surface area contributed by atoms with E-state index in [1.165, 1.54) is 0 Å². The lowest BCUT2D eigenvalue weighted by atomic mass is 10.1. The highest BCUT2D eigenvalue weighted by Crippen LogP contribution is 2.21. The Morgan fingerprint density at radius 1 is 1.15 bits per heavy atom. The number of nitrogens with zero attached hydrogens (tertiary/aromatic N) is 2. The van der Waals surface area contributed by atoms with Gasteiger partial charge in [-0.2, -0.15) is 4.31 Å². The van der Waals surface area contributed by atoms with E-state index in [0.29, 0.717) is 24.5 Å². The maximum atomic E-state index is 12.6. The molecule has 6 heteroatoms. The normalized spacial score (nSPS) is 18.4. The molecular formula is C14H23N3O2S. The summed E-state index contributed by atoms with van der Waals surface area (Å²) in [5.74, 6) is 0. The Balaban J connectivity index is 2.30. The maximum Gasteiger partial charge on any atom is 0.243 e. The van der Waals surface area contributed by atoms with Gasteiger partial charge < -0.3 is 10.6 Å². The number of aryl methyl sites for hydroxylation is 1. The first kappa shape index (κ1) is 15.4. The fourth-order valence-electron chi connectivity index (χ4n) is 2.48. The van der Waals surface area contributed by atoms with Gasteiger partial charge in [0.15, 0.2) is 0 Å². The number of hydrogen-bond donors (Lipinski definition) is 1. The lowest BCUT2D eigenvalue weighted by Crippen LogP contribution is -2.47. The summed E-state index contributed by atoms with van der Waals surface area (Å²) < 4.78 is 26.8. The summed E-state index contributed by atoms with van der Waals surface area (Å²) in [5, 5.41) is 0. The Kier molecular flexibility index (Phi) is 4.80. The van der Waals surface area contributed by atoms with Crippen LogP contribution in [0.4, 0.5) is 0 Å². The lowest BCUT2D eigenvalue weighted by Gasteiger charge is -2.31. The summed E-state index contributed by atoms with van der Waals surface area (Å²) >= 11 is 0. The van der Waals surface area contributed by atoms with Crippen molar-refractivity contribution >= 4 is 10.0 Å². The Bertz CT molecular complexity index is 564. The van der Waals surface area contributed by atoms with Gasteiger partial charge in [-0.25, -0.2) is 8.42 Å². The molecule has 1 aromatic rings. The van der Waals surface area contributed by atoms with E-state index in [2.05, 4.69) is 4.90 Å². The van der Waals surface area contributed by atoms with Crippen LogP contribution in [0.25, 0.3) is 0 Å². The molecule has 1 aliphatic rings. The number of hydrogen-bond acceptors (Lipinski definition) is 4. The molecule has 1 aliphatic heterocycles. The third kappa shape index (κ3) is 3.03. The van der Waals surface area contributed by atoms with Crippen LogP contribution < -0.4 is 5.73 Å². The molecule has 1 saturated heterocycles. The fourth-order valence-corrected chi connectivity index (χ4v) is 3.95. The van der Waals surface area contributed by atoms with Gasteiger partial charge in [0.1, 0.15) is 0 Å². The Morgan fingerprint density at radius 3 is 2.35 bits per heavy atom. The Morgan fingerprint density at radius 2 is 1.80 bits per heavy atom. The van der Waals surface area contributed by atoms with Gasteiger partial charge in [0.25, 0.3) is 0 Å². The molecular weight excluding hydrogens is 274 g/mol. The summed E-state index contributed by atoms with van der Waals surface area (Å²) in [5.41, 5.74) is 7.75. The molecule has 5 nitrogen and oxygen atoms in total. The van der Waals surface area contributed by atoms with Crippen molar-refractivity contribution in [2.75, 3.05) is 33.2 Å². The van der Waals surface area contributed by atoms with Crippen molar-refractivity contribution in [3.8, 4) is 0 Å². The molecule has 0 aliphatic carbocycles. The summed E-state index contributed by atoms with van der Waals surface area (Å²) in [6.07, 6.45) is 0.862. The zero-order valence-electron chi connectivity index (χ0n) is 12.2. The second kappa shape index (κ2) is 6.22. The van der Waals surface area contributed by atoms with E-state index in [0.717, 1.165) is 30.6 Å². The van der Waals surface area contributed by atoms with Gasteiger partial charge in [0, 0.05) is 32.7 Å². The van der Waals surface area contributed by atoms with Crippen molar-refractivity contribution in [1.29, 1.82) is 0 Å². The van der Waals surface area contributed by atoms with Gasteiger partial charge in [-0.3, -0.25) is 0 Å². The molecule has 0 unspecified atom stereocenters. The quantitative estimate of drug-likeness (QED) is 0.886. The van der Waals surface area contributed by atoms with Crippen LogP contribution in [0.5, 0.6) is 0 Å². The van der Waals surface area contributed by atoms with E-state index >= 15 is 0 Å². The van der Waals surface area contributed by atoms with Crippen LogP contribution in [0, 0.1) is 0 Å². The molecule has 0 spiro atoms. The van der Waals surface area contributed by atoms with Gasteiger partial charge in [0.2, 0.25) is 10.0 Å². The molecule has 0 atom stereocenters. The number of nitrogens with two attached hydrogens (primary N) is 1. The standard InChI is InChI=1S/C14H23N3O2S/c1-3-12-4-5-14(10-13(12)11-15)20(18,19)17-8-6-16(2)7-9-17/h4-5,10H,3,6-9,11,15H2,1-2H3. The van der Waals surface area contributed by atoms with Gasteiger partial charge in [-0.05, 0) is 36.7 Å². The molecule has 1 aromatic carbocycles. The predicted molar refractivity (Wildman–Crippen MR) is 80.0 cm³/mol. The van der Waals surface area contributed by atoms with Gasteiger partial charge in [-0.15, -0.1) is 0 Å². The lowest BCUT2D eigenvalue weighted by molar-refractivity contribution is 0.222. The number of sulfonamides is 1. The van der Waals surface area contributed by atoms with E-state index < -0.39 is 10.0 Å². The van der Waals surface area contributed by atoms with E-state index in [4.69, 9.17) is 5.73 Å². The topological polar surface area (TPSA) is 66.6 Å². The minimum absolute atomic E-state index is 0.361. The van der Waals surface area contributed by atoms with Crippen LogP contribution in [0.1, 0.15) is 18.1 Å². The second-order valence-corrected chi connectivity index (χ2v) is 7.13. The maximum absolute atomic E-state index is 12.6. The van der Waals surface area contributed by atoms with Crippen LogP contribution >= 0.6 is 0 Å². The summed E-state index contributed by atoms with van der Waals surface area (Å²) in [4.78, 5) is 2.50. The molecule has 0 bridgehead atoms. The third-order valence-electron chi connectivity index (χ3n) is 3.88. The average Bonchev–Trinajstić information content (AvgIpc) is 2.46. The third-order valence-corrected chi connectivity index (χ3v) is 5.77. The number of likely N-dealkylation sites (N-methyl/N-ethyl adjacent to an activating group) is 1. The number of benzene rings is 1. The van der Waals surface area contributed by atoms with Crippen molar-refractivity contribution in [3.63, 3.8) is 0 Å². The molecule has 1 heterocycles. The SMILES string of the molecule is CCc1ccc(S(=O)(=O)N2CCN(C)CC2)cc1CN. The molecule has 0 saturated carbocycles. The molecule has 20 heavy (non-hydrogen) atoms. The zero-order valence-corrected chi connectivity index (χ0v) is 13.0. The largest absolute Gasteiger partial charge is 0.326 e. The zero-order chi connectivity index (χ0) is 14.8. The highest BCUT2D eigenvalue weighted by Gasteiger charge is 2.27. The van der Waals surface area contributed by atoms with Crippen molar-refractivity contribution in [1.82, 2.24) is 9.21 Å². The molecule has 0 amide bonds. The van der Waals surface area contributed by atoms with Crippen LogP contribution in [0.3, 0.4) is 0 Å². The molecule has 0 aromatic heterocycles. The van der Waals surface area contributed by atoms with Crippen LogP contribution in [-0.2, 0) is 23.0 Å². The van der Waals surface area contributed by atoms with E-state index in [1.54, 1.807) is 16.4 Å². The second-order valence-electron chi connectivity index (χ2n) is 5.20. The first-order valence-corrected chi connectivity index (χ1v) is 8.43. The predicted octanol–water partition coefficient (Wildman–Crippen LogP) is 0.644. The summed E-state index contributed by atoms with van der Waals surface area (Å²) in [6, 6.07) is 5.31. The first-order valence-electron chi connectivity index (χ1n) is 6.99. The molecule has 0 radical (unpaired) electrons. The number of rotatable bonds is 4. The van der Waals surface area contributed by atoms with Crippen molar-refractivity contribution in [2.24, 2.45) is 5.73 Å². The van der Waals surface area contributed by atoms with Crippen LogP contribution in [0.15, 0.2) is 23.1 Å². The molecule has 2 rings (SSSR count). The first-order chi connectivity index (χ1) is 9.48. The van der Waals surface area contributed by atoms with Crippen molar-refractivity contribution < 1.29 is 8.42 Å². The van der Waals surface area contributed by atoms with Crippen LogP contribution in [-0.4, -0.2) is 50.8 Å². The molecule has 1 fully saturated rings. The average molecular weight is 297 g/mol. The highest BCUT2D eigenvalue weighted by atomic mass is 32.2. The minimum atomic E-state index is -3.39. The number of piperazine rings is 1. The van der Waals surface area contributed by atoms with Gasteiger partial charge in [0.05, 0.1) is 4.90 Å². The molecule has 2 N–H and O–H groups in total. The van der Waals surface area contributed by atoms with Crippen LogP contribution in [0.2, 0.25) is 0 Å². The summed E-state index contributed by atoms with van der Waals surface area (Å²) in [6.45, 7) is 5.06. The smallest absolute Gasteiger partial charge is 0.243 e. The Hall–Kier alpha value is -0.950. The minimum Gasteiger partial charge on any atom is -0.326 e. The van der Waals surface area contributed by atoms with E-state index in [9.17, 15) is 8.42 Å².